The minimum Gasteiger partial charge on any atom is -0.234 e. The lowest BCUT2D eigenvalue weighted by Gasteiger charge is -1.94. The Morgan fingerprint density at radius 3 is 1.76 bits per heavy atom. The lowest BCUT2D eigenvalue weighted by Crippen LogP contribution is -1.74. The van der Waals surface area contributed by atoms with Crippen LogP contribution < -0.4 is 0 Å². The van der Waals surface area contributed by atoms with Crippen LogP contribution in [0.25, 0.3) is 0 Å². The predicted octanol–water partition coefficient (Wildman–Crippen LogP) is 6.35. The average molecular weight is 288 g/mol. The maximum absolute atomic E-state index is 9.95. The van der Waals surface area contributed by atoms with Crippen LogP contribution in [0.3, 0.4) is 0 Å². The summed E-state index contributed by atoms with van der Waals surface area (Å²) in [5.41, 5.74) is 0. The Morgan fingerprint density at radius 2 is 1.19 bits per heavy atom. The van der Waals surface area contributed by atoms with Crippen LogP contribution in [0, 0.1) is 0 Å². The van der Waals surface area contributed by atoms with E-state index in [2.05, 4.69) is 43.4 Å². The Hall–Kier alpha value is -1.33. The molecule has 0 fully saturated rings. The van der Waals surface area contributed by atoms with Crippen LogP contribution in [-0.4, -0.2) is 5.94 Å². The summed E-state index contributed by atoms with van der Waals surface area (Å²) in [6.45, 7) is 2.25. The number of hydrogen-bond donors (Lipinski definition) is 0. The highest BCUT2D eigenvalue weighted by molar-refractivity contribution is 5.44. The second-order valence-corrected chi connectivity index (χ2v) is 5.33. The van der Waals surface area contributed by atoms with Gasteiger partial charge >= 0.3 is 0 Å². The molecule has 0 saturated heterocycles. The molecule has 0 unspecified atom stereocenters. The van der Waals surface area contributed by atoms with Crippen molar-refractivity contribution in [2.75, 3.05) is 0 Å². The van der Waals surface area contributed by atoms with Crippen LogP contribution in [0.15, 0.2) is 42.5 Å². The maximum atomic E-state index is 9.95. The van der Waals surface area contributed by atoms with Crippen LogP contribution in [0.1, 0.15) is 77.6 Å². The van der Waals surface area contributed by atoms with Gasteiger partial charge in [0.2, 0.25) is 0 Å². The first-order chi connectivity index (χ1) is 10.4. The molecule has 1 heteroatoms. The number of hydrogen-bond acceptors (Lipinski definition) is 1. The van der Waals surface area contributed by atoms with Gasteiger partial charge in [-0.3, -0.25) is 0 Å². The lowest BCUT2D eigenvalue weighted by atomic mass is 10.1. The van der Waals surface area contributed by atoms with Crippen molar-refractivity contribution in [1.82, 2.24) is 0 Å². The summed E-state index contributed by atoms with van der Waals surface area (Å²) in [6, 6.07) is 0. The Bertz CT molecular complexity index is 330. The van der Waals surface area contributed by atoms with E-state index in [1.165, 1.54) is 51.4 Å². The second kappa shape index (κ2) is 18.7. The SMILES string of the molecule is CCCCC/C=C\CCCC/C=C\C/C=C\CCC=C=O. The molecule has 0 aromatic heterocycles. The van der Waals surface area contributed by atoms with E-state index < -0.39 is 0 Å². The molecule has 0 saturated carbocycles. The molecule has 0 bridgehead atoms. The Balaban J connectivity index is 3.26. The second-order valence-electron chi connectivity index (χ2n) is 5.33. The normalized spacial score (nSPS) is 11.7. The zero-order valence-electron chi connectivity index (χ0n) is 13.7. The summed E-state index contributed by atoms with van der Waals surface area (Å²) >= 11 is 0. The standard InChI is InChI=1S/C20H32O/c1-2-3-4-5-6-7-8-9-10-11-12-13-14-15-16-17-18-19-20-21/h6-7,12-13,15-16,19H,2-5,8-11,14,17-18H2,1H3/b7-6-,13-12-,16-15-. The molecule has 0 amide bonds. The van der Waals surface area contributed by atoms with Crippen LogP contribution >= 0.6 is 0 Å². The van der Waals surface area contributed by atoms with Crippen molar-refractivity contribution >= 4 is 5.94 Å². The van der Waals surface area contributed by atoms with Gasteiger partial charge in [0, 0.05) is 6.08 Å². The maximum Gasteiger partial charge on any atom is 0.120 e. The molecule has 0 aliphatic carbocycles. The summed E-state index contributed by atoms with van der Waals surface area (Å²) < 4.78 is 0. The summed E-state index contributed by atoms with van der Waals surface area (Å²) in [7, 11) is 0. The minimum absolute atomic E-state index is 0.801. The van der Waals surface area contributed by atoms with Gasteiger partial charge in [0.25, 0.3) is 0 Å². The highest BCUT2D eigenvalue weighted by Crippen LogP contribution is 2.05. The molecular weight excluding hydrogens is 256 g/mol. The molecule has 1 nitrogen and oxygen atoms in total. The van der Waals surface area contributed by atoms with E-state index in [1.807, 2.05) is 0 Å². The van der Waals surface area contributed by atoms with Crippen LogP contribution in [0.5, 0.6) is 0 Å². The van der Waals surface area contributed by atoms with Crippen molar-refractivity contribution in [1.29, 1.82) is 0 Å². The van der Waals surface area contributed by atoms with Gasteiger partial charge in [-0.05, 0) is 57.8 Å². The van der Waals surface area contributed by atoms with Gasteiger partial charge in [0.15, 0.2) is 0 Å². The highest BCUT2D eigenvalue weighted by Gasteiger charge is 1.85. The summed E-state index contributed by atoms with van der Waals surface area (Å²) in [6.07, 6.45) is 28.0. The molecule has 0 N–H and O–H groups in total. The van der Waals surface area contributed by atoms with Gasteiger partial charge in [-0.2, -0.15) is 0 Å². The van der Waals surface area contributed by atoms with E-state index in [0.717, 1.165) is 19.3 Å². The van der Waals surface area contributed by atoms with Crippen LogP contribution in [0.4, 0.5) is 0 Å². The lowest BCUT2D eigenvalue weighted by molar-refractivity contribution is 0.568. The summed E-state index contributed by atoms with van der Waals surface area (Å²) in [5, 5.41) is 0. The fraction of sp³-hybridized carbons (Fsp3) is 0.600. The van der Waals surface area contributed by atoms with Gasteiger partial charge in [0.1, 0.15) is 5.94 Å². The molecule has 0 heterocycles. The quantitative estimate of drug-likeness (QED) is 0.207. The van der Waals surface area contributed by atoms with Gasteiger partial charge in [-0.1, -0.05) is 56.2 Å². The van der Waals surface area contributed by atoms with Crippen molar-refractivity contribution in [2.45, 2.75) is 77.6 Å². The third-order valence-corrected chi connectivity index (χ3v) is 3.30. The Kier molecular flexibility index (Phi) is 17.5. The van der Waals surface area contributed by atoms with Crippen molar-refractivity contribution in [3.8, 4) is 0 Å². The highest BCUT2D eigenvalue weighted by atomic mass is 16.1. The number of unbranched alkanes of at least 4 members (excludes halogenated alkanes) is 7. The fourth-order valence-corrected chi connectivity index (χ4v) is 2.02. The van der Waals surface area contributed by atoms with E-state index in [-0.39, 0.29) is 0 Å². The molecular formula is C20H32O. The topological polar surface area (TPSA) is 17.1 Å². The first-order valence-electron chi connectivity index (χ1n) is 8.56. The minimum atomic E-state index is 0.801. The van der Waals surface area contributed by atoms with E-state index in [1.54, 1.807) is 12.0 Å². The average Bonchev–Trinajstić information content (AvgIpc) is 2.50. The van der Waals surface area contributed by atoms with Crippen molar-refractivity contribution in [3.63, 3.8) is 0 Å². The monoisotopic (exact) mass is 288 g/mol. The third-order valence-electron chi connectivity index (χ3n) is 3.30. The van der Waals surface area contributed by atoms with Crippen molar-refractivity contribution in [3.05, 3.63) is 42.5 Å². The molecule has 0 spiro atoms. The number of rotatable bonds is 14. The molecule has 0 aliphatic heterocycles. The zero-order valence-corrected chi connectivity index (χ0v) is 13.7. The Morgan fingerprint density at radius 1 is 0.667 bits per heavy atom. The molecule has 0 aliphatic rings. The molecule has 0 radical (unpaired) electrons. The number of carbonyl (C=O) groups excluding carboxylic acids is 1. The molecule has 0 aromatic rings. The van der Waals surface area contributed by atoms with Crippen molar-refractivity contribution < 1.29 is 4.79 Å². The molecule has 0 aromatic carbocycles. The predicted molar refractivity (Wildman–Crippen MR) is 94.1 cm³/mol. The van der Waals surface area contributed by atoms with E-state index in [0.29, 0.717) is 0 Å². The fourth-order valence-electron chi connectivity index (χ4n) is 2.02. The van der Waals surface area contributed by atoms with Gasteiger partial charge in [-0.25, -0.2) is 4.79 Å². The smallest absolute Gasteiger partial charge is 0.120 e. The van der Waals surface area contributed by atoms with Crippen molar-refractivity contribution in [2.24, 2.45) is 0 Å². The Labute approximate surface area is 131 Å². The van der Waals surface area contributed by atoms with Gasteiger partial charge < -0.3 is 0 Å². The van der Waals surface area contributed by atoms with E-state index in [9.17, 15) is 4.79 Å². The summed E-state index contributed by atoms with van der Waals surface area (Å²) in [5.74, 6) is 1.79. The van der Waals surface area contributed by atoms with Gasteiger partial charge in [-0.15, -0.1) is 0 Å². The van der Waals surface area contributed by atoms with Crippen LogP contribution in [0.2, 0.25) is 0 Å². The largest absolute Gasteiger partial charge is 0.234 e. The van der Waals surface area contributed by atoms with E-state index >= 15 is 0 Å². The first kappa shape index (κ1) is 19.7. The molecule has 0 rings (SSSR count). The third kappa shape index (κ3) is 18.7. The molecule has 0 atom stereocenters. The number of allylic oxidation sites excluding steroid dienone is 7. The molecule has 21 heavy (non-hydrogen) atoms. The van der Waals surface area contributed by atoms with Gasteiger partial charge in [0.05, 0.1) is 0 Å². The first-order valence-corrected chi connectivity index (χ1v) is 8.56. The molecule has 118 valence electrons. The van der Waals surface area contributed by atoms with Crippen LogP contribution in [-0.2, 0) is 4.79 Å². The summed E-state index contributed by atoms with van der Waals surface area (Å²) in [4.78, 5) is 9.95. The van der Waals surface area contributed by atoms with E-state index in [4.69, 9.17) is 0 Å². The zero-order chi connectivity index (χ0) is 15.4.